The Kier molecular flexibility index (Phi) is 3.51. The van der Waals surface area contributed by atoms with Crippen molar-refractivity contribution in [3.63, 3.8) is 0 Å². The number of phenols is 1. The number of hydrogen-bond donors (Lipinski definition) is 3. The van der Waals surface area contributed by atoms with Crippen molar-refractivity contribution >= 4 is 0 Å². The van der Waals surface area contributed by atoms with E-state index in [0.717, 1.165) is 25.7 Å². The number of aryl methyl sites for hydroxylation is 1. The molecule has 4 heteroatoms. The van der Waals surface area contributed by atoms with Crippen molar-refractivity contribution in [1.29, 1.82) is 0 Å². The van der Waals surface area contributed by atoms with E-state index in [4.69, 9.17) is 4.74 Å². The molecule has 0 spiro atoms. The lowest BCUT2D eigenvalue weighted by Crippen LogP contribution is -2.44. The summed E-state index contributed by atoms with van der Waals surface area (Å²) in [4.78, 5) is 0. The first-order valence-electron chi connectivity index (χ1n) is 9.79. The second kappa shape index (κ2) is 5.45. The second-order valence-electron chi connectivity index (χ2n) is 9.04. The van der Waals surface area contributed by atoms with E-state index in [0.29, 0.717) is 23.5 Å². The molecular weight excluding hydrogens is 316 g/mol. The summed E-state index contributed by atoms with van der Waals surface area (Å²) in [7, 11) is 0. The lowest BCUT2D eigenvalue weighted by atomic mass is 9.55. The highest BCUT2D eigenvalue weighted by atomic mass is 16.6. The summed E-state index contributed by atoms with van der Waals surface area (Å²) in [6.45, 7) is 2.37. The van der Waals surface area contributed by atoms with Crippen LogP contribution in [0.4, 0.5) is 0 Å². The summed E-state index contributed by atoms with van der Waals surface area (Å²) in [5.41, 5.74) is 2.88. The summed E-state index contributed by atoms with van der Waals surface area (Å²) in [5, 5.41) is 29.7. The highest BCUT2D eigenvalue weighted by molar-refractivity contribution is 5.40. The van der Waals surface area contributed by atoms with Crippen molar-refractivity contribution in [2.75, 3.05) is 6.61 Å². The van der Waals surface area contributed by atoms with E-state index in [9.17, 15) is 15.3 Å². The molecule has 5 rings (SSSR count). The first-order chi connectivity index (χ1) is 12.0. The number of aliphatic hydroxyl groups is 2. The Morgan fingerprint density at radius 2 is 2.08 bits per heavy atom. The maximum absolute atomic E-state index is 10.2. The standard InChI is InChI=1S/C21H28O4/c1-21-7-6-14-13-5-3-12(23)8-11(13)2-4-15(14)18(21)9-16-17(10-22)20(24)25-19(16)21/h3,5,8,14-20,22-24H,2,4,6-7,9-10H2,1H3/t14-,15-,16-,17-,18+,19?,20?,21+/m1/s1. The molecule has 0 aromatic heterocycles. The average molecular weight is 344 g/mol. The molecule has 1 aromatic rings. The largest absolute Gasteiger partial charge is 0.508 e. The Balaban J connectivity index is 1.48. The zero-order chi connectivity index (χ0) is 17.3. The van der Waals surface area contributed by atoms with Crippen LogP contribution in [0.15, 0.2) is 18.2 Å². The summed E-state index contributed by atoms with van der Waals surface area (Å²) < 4.78 is 5.99. The fourth-order valence-electron chi connectivity index (χ4n) is 6.96. The number of phenolic OH excluding ortho intramolecular Hbond substituents is 1. The van der Waals surface area contributed by atoms with Gasteiger partial charge in [-0.15, -0.1) is 0 Å². The summed E-state index contributed by atoms with van der Waals surface area (Å²) in [5.74, 6) is 2.38. The number of fused-ring (bicyclic) bond motifs is 7. The third-order valence-corrected chi connectivity index (χ3v) is 8.13. The van der Waals surface area contributed by atoms with Gasteiger partial charge in [-0.1, -0.05) is 13.0 Å². The molecule has 8 atom stereocenters. The van der Waals surface area contributed by atoms with E-state index < -0.39 is 6.29 Å². The fraction of sp³-hybridized carbons (Fsp3) is 0.714. The molecule has 3 aliphatic carbocycles. The van der Waals surface area contributed by atoms with Crippen LogP contribution >= 0.6 is 0 Å². The van der Waals surface area contributed by atoms with Crippen LogP contribution < -0.4 is 0 Å². The minimum atomic E-state index is -0.800. The van der Waals surface area contributed by atoms with E-state index in [-0.39, 0.29) is 30.0 Å². The molecule has 1 saturated heterocycles. The quantitative estimate of drug-likeness (QED) is 0.733. The SMILES string of the molecule is C[C@]12CC[C@@H]3c4ccc(O)cc4CC[C@H]3[C@@H]1C[C@H]1C2OC(O)[C@@H]1CO. The number of ether oxygens (including phenoxy) is 1. The van der Waals surface area contributed by atoms with Gasteiger partial charge in [-0.05, 0) is 84.5 Å². The summed E-state index contributed by atoms with van der Waals surface area (Å²) in [6, 6.07) is 5.92. The van der Waals surface area contributed by atoms with Crippen LogP contribution in [0.2, 0.25) is 0 Å². The predicted octanol–water partition coefficient (Wildman–Crippen LogP) is 2.80. The lowest BCUT2D eigenvalue weighted by molar-refractivity contribution is -0.154. The van der Waals surface area contributed by atoms with E-state index in [1.165, 1.54) is 17.5 Å². The van der Waals surface area contributed by atoms with Gasteiger partial charge in [0.1, 0.15) is 5.75 Å². The van der Waals surface area contributed by atoms with Crippen LogP contribution in [-0.4, -0.2) is 34.3 Å². The van der Waals surface area contributed by atoms with E-state index in [2.05, 4.69) is 13.0 Å². The van der Waals surface area contributed by atoms with Gasteiger partial charge < -0.3 is 20.1 Å². The zero-order valence-corrected chi connectivity index (χ0v) is 14.8. The van der Waals surface area contributed by atoms with Crippen LogP contribution in [0, 0.1) is 29.1 Å². The molecule has 3 fully saturated rings. The van der Waals surface area contributed by atoms with E-state index in [1.807, 2.05) is 12.1 Å². The molecule has 136 valence electrons. The van der Waals surface area contributed by atoms with Crippen molar-refractivity contribution < 1.29 is 20.1 Å². The van der Waals surface area contributed by atoms with Crippen molar-refractivity contribution in [2.24, 2.45) is 29.1 Å². The Labute approximate surface area is 148 Å². The van der Waals surface area contributed by atoms with Crippen molar-refractivity contribution in [3.8, 4) is 5.75 Å². The van der Waals surface area contributed by atoms with Gasteiger partial charge >= 0.3 is 0 Å². The second-order valence-corrected chi connectivity index (χ2v) is 9.04. The van der Waals surface area contributed by atoms with E-state index in [1.54, 1.807) is 0 Å². The molecule has 0 bridgehead atoms. The third-order valence-electron chi connectivity index (χ3n) is 8.13. The van der Waals surface area contributed by atoms with Crippen molar-refractivity contribution in [2.45, 2.75) is 57.3 Å². The Morgan fingerprint density at radius 3 is 2.88 bits per heavy atom. The van der Waals surface area contributed by atoms with Gasteiger partial charge in [0.15, 0.2) is 6.29 Å². The van der Waals surface area contributed by atoms with Crippen LogP contribution in [0.25, 0.3) is 0 Å². The lowest BCUT2D eigenvalue weighted by Gasteiger charge is -2.50. The summed E-state index contributed by atoms with van der Waals surface area (Å²) in [6.07, 6.45) is 4.84. The molecule has 1 aromatic carbocycles. The molecular formula is C21H28O4. The predicted molar refractivity (Wildman–Crippen MR) is 93.1 cm³/mol. The van der Waals surface area contributed by atoms with Gasteiger partial charge in [0.05, 0.1) is 12.7 Å². The zero-order valence-electron chi connectivity index (χ0n) is 14.8. The highest BCUT2D eigenvalue weighted by Gasteiger charge is 2.63. The van der Waals surface area contributed by atoms with E-state index >= 15 is 0 Å². The van der Waals surface area contributed by atoms with Gasteiger partial charge in [-0.25, -0.2) is 0 Å². The monoisotopic (exact) mass is 344 g/mol. The Hall–Kier alpha value is -1.10. The molecule has 1 aliphatic heterocycles. The first kappa shape index (κ1) is 16.1. The summed E-state index contributed by atoms with van der Waals surface area (Å²) >= 11 is 0. The maximum atomic E-state index is 10.2. The number of rotatable bonds is 1. The Morgan fingerprint density at radius 1 is 1.24 bits per heavy atom. The van der Waals surface area contributed by atoms with Gasteiger partial charge in [0, 0.05) is 5.92 Å². The molecule has 3 N–H and O–H groups in total. The minimum absolute atomic E-state index is 0.0152. The molecule has 4 nitrogen and oxygen atoms in total. The van der Waals surface area contributed by atoms with Crippen LogP contribution in [0.5, 0.6) is 5.75 Å². The number of hydrogen-bond acceptors (Lipinski definition) is 4. The van der Waals surface area contributed by atoms with Crippen LogP contribution in [0.1, 0.15) is 49.7 Å². The molecule has 0 amide bonds. The van der Waals surface area contributed by atoms with Crippen LogP contribution in [0.3, 0.4) is 0 Å². The topological polar surface area (TPSA) is 69.9 Å². The minimum Gasteiger partial charge on any atom is -0.508 e. The molecule has 2 unspecified atom stereocenters. The maximum Gasteiger partial charge on any atom is 0.160 e. The molecule has 1 heterocycles. The third kappa shape index (κ3) is 2.11. The molecule has 25 heavy (non-hydrogen) atoms. The number of aliphatic hydroxyl groups excluding tert-OH is 2. The fourth-order valence-corrected chi connectivity index (χ4v) is 6.96. The average Bonchev–Trinajstić information content (AvgIpc) is 3.06. The first-order valence-corrected chi connectivity index (χ1v) is 9.79. The van der Waals surface area contributed by atoms with Crippen molar-refractivity contribution in [3.05, 3.63) is 29.3 Å². The van der Waals surface area contributed by atoms with Gasteiger partial charge in [0.2, 0.25) is 0 Å². The molecule has 2 saturated carbocycles. The Bertz CT molecular complexity index is 688. The van der Waals surface area contributed by atoms with Crippen LogP contribution in [-0.2, 0) is 11.2 Å². The number of aromatic hydroxyl groups is 1. The van der Waals surface area contributed by atoms with Gasteiger partial charge in [-0.3, -0.25) is 0 Å². The smallest absolute Gasteiger partial charge is 0.160 e. The molecule has 4 aliphatic rings. The normalized spacial score (nSPS) is 47.7. The van der Waals surface area contributed by atoms with Gasteiger partial charge in [0.25, 0.3) is 0 Å². The molecule has 0 radical (unpaired) electrons. The van der Waals surface area contributed by atoms with Crippen molar-refractivity contribution in [1.82, 2.24) is 0 Å². The van der Waals surface area contributed by atoms with Gasteiger partial charge in [-0.2, -0.15) is 0 Å². The highest BCUT2D eigenvalue weighted by Crippen LogP contribution is 2.65. The number of benzene rings is 1.